The molecule has 0 spiro atoms. The molecule has 0 atom stereocenters. The number of hydrogen-bond donors (Lipinski definition) is 0. The number of fused-ring (bicyclic) bond motifs is 2. The van der Waals surface area contributed by atoms with Crippen molar-refractivity contribution in [3.8, 4) is 55.6 Å². The van der Waals surface area contributed by atoms with Gasteiger partial charge in [-0.05, 0) is 132 Å². The molecule has 268 valence electrons. The van der Waals surface area contributed by atoms with E-state index in [1.54, 1.807) is 0 Å². The molecule has 0 saturated carbocycles. The highest BCUT2D eigenvalue weighted by atomic mass is 15.1. The quantitative estimate of drug-likeness (QED) is 0.141. The average Bonchev–Trinajstić information content (AvgIpc) is 3.30. The number of para-hydroxylation sites is 2. The van der Waals surface area contributed by atoms with Gasteiger partial charge in [0.25, 0.3) is 0 Å². The summed E-state index contributed by atoms with van der Waals surface area (Å²) in [5, 5.41) is 4.98. The van der Waals surface area contributed by atoms with E-state index in [9.17, 15) is 0 Å². The summed E-state index contributed by atoms with van der Waals surface area (Å²) >= 11 is 0. The van der Waals surface area contributed by atoms with Gasteiger partial charge >= 0.3 is 0 Å². The van der Waals surface area contributed by atoms with Gasteiger partial charge in [-0.3, -0.25) is 0 Å². The van der Waals surface area contributed by atoms with Crippen LogP contribution in [0.1, 0.15) is 0 Å². The van der Waals surface area contributed by atoms with Crippen LogP contribution in [-0.2, 0) is 0 Å². The third-order valence-electron chi connectivity index (χ3n) is 11.0. The molecule has 0 unspecified atom stereocenters. The van der Waals surface area contributed by atoms with Crippen molar-refractivity contribution >= 4 is 38.6 Å². The van der Waals surface area contributed by atoms with E-state index in [2.05, 4.69) is 241 Å². The molecule has 0 amide bonds. The van der Waals surface area contributed by atoms with Crippen LogP contribution in [0.25, 0.3) is 77.2 Å². The molecule has 0 aromatic heterocycles. The van der Waals surface area contributed by atoms with Crippen molar-refractivity contribution in [3.05, 3.63) is 237 Å². The number of hydrogen-bond acceptors (Lipinski definition) is 1. The maximum Gasteiger partial charge on any atom is 0.0462 e. The van der Waals surface area contributed by atoms with Crippen molar-refractivity contribution in [2.24, 2.45) is 0 Å². The third-order valence-corrected chi connectivity index (χ3v) is 11.0. The highest BCUT2D eigenvalue weighted by Gasteiger charge is 2.18. The molecule has 10 rings (SSSR count). The summed E-state index contributed by atoms with van der Waals surface area (Å²) in [6, 6.07) is 85.5. The fourth-order valence-corrected chi connectivity index (χ4v) is 8.35. The van der Waals surface area contributed by atoms with Gasteiger partial charge in [0, 0.05) is 17.1 Å². The zero-order chi connectivity index (χ0) is 38.0. The van der Waals surface area contributed by atoms with E-state index in [-0.39, 0.29) is 0 Å². The molecule has 0 saturated heterocycles. The normalized spacial score (nSPS) is 11.2. The third kappa shape index (κ3) is 6.56. The molecule has 10 aromatic carbocycles. The lowest BCUT2D eigenvalue weighted by molar-refractivity contribution is 1.28. The van der Waals surface area contributed by atoms with Gasteiger partial charge in [-0.1, -0.05) is 182 Å². The van der Waals surface area contributed by atoms with Crippen LogP contribution in [0.2, 0.25) is 0 Å². The summed E-state index contributed by atoms with van der Waals surface area (Å²) in [5.41, 5.74) is 15.5. The summed E-state index contributed by atoms with van der Waals surface area (Å²) in [5.74, 6) is 0. The first-order chi connectivity index (χ1) is 28.3. The molecule has 0 aliphatic heterocycles. The summed E-state index contributed by atoms with van der Waals surface area (Å²) in [6.45, 7) is 0. The van der Waals surface area contributed by atoms with Gasteiger partial charge in [0.1, 0.15) is 0 Å². The summed E-state index contributed by atoms with van der Waals surface area (Å²) < 4.78 is 0. The van der Waals surface area contributed by atoms with Crippen LogP contribution in [0.15, 0.2) is 237 Å². The SMILES string of the molecule is c1ccc(-c2cc(-c3ccccc3)cc(-c3ccc(-c4c5ccccc5c(-c5ccc(N(c6ccccc6)c6ccccc6)cc5)c5ccccc45)cc3)c2)cc1. The Bertz CT molecular complexity index is 2800. The molecule has 0 aliphatic rings. The summed E-state index contributed by atoms with van der Waals surface area (Å²) in [4.78, 5) is 2.31. The zero-order valence-electron chi connectivity index (χ0n) is 31.5. The minimum absolute atomic E-state index is 1.12. The number of benzene rings is 10. The van der Waals surface area contributed by atoms with Crippen molar-refractivity contribution < 1.29 is 0 Å². The standard InChI is InChI=1S/C56H39N/c1-5-17-40(18-6-1)45-37-46(41-19-7-2-8-20-41)39-47(38-45)42-29-31-43(32-30-42)55-51-25-13-15-27-53(51)56(54-28-16-14-26-52(54)55)44-33-35-50(36-34-44)57(48-21-9-3-10-22-48)49-23-11-4-12-24-49/h1-39H. The van der Waals surface area contributed by atoms with E-state index in [1.165, 1.54) is 77.2 Å². The lowest BCUT2D eigenvalue weighted by Crippen LogP contribution is -2.09. The van der Waals surface area contributed by atoms with Gasteiger partial charge in [0.15, 0.2) is 0 Å². The van der Waals surface area contributed by atoms with Crippen LogP contribution in [0.3, 0.4) is 0 Å². The fraction of sp³-hybridized carbons (Fsp3) is 0. The molecular formula is C56H39N. The predicted octanol–water partition coefficient (Wildman–Crippen LogP) is 15.8. The smallest absolute Gasteiger partial charge is 0.0462 e. The first-order valence-corrected chi connectivity index (χ1v) is 19.6. The Morgan fingerprint density at radius 2 is 0.456 bits per heavy atom. The monoisotopic (exact) mass is 725 g/mol. The average molecular weight is 726 g/mol. The Morgan fingerprint density at radius 1 is 0.193 bits per heavy atom. The molecule has 57 heavy (non-hydrogen) atoms. The molecule has 1 nitrogen and oxygen atoms in total. The van der Waals surface area contributed by atoms with Gasteiger partial charge in [0.2, 0.25) is 0 Å². The molecular weight excluding hydrogens is 687 g/mol. The van der Waals surface area contributed by atoms with Crippen LogP contribution in [0.4, 0.5) is 17.1 Å². The molecule has 0 aliphatic carbocycles. The highest BCUT2D eigenvalue weighted by molar-refractivity contribution is 6.21. The van der Waals surface area contributed by atoms with Gasteiger partial charge < -0.3 is 4.90 Å². The summed E-state index contributed by atoms with van der Waals surface area (Å²) in [7, 11) is 0. The van der Waals surface area contributed by atoms with Crippen LogP contribution in [0, 0.1) is 0 Å². The minimum Gasteiger partial charge on any atom is -0.311 e. The second kappa shape index (κ2) is 15.0. The number of rotatable bonds is 8. The summed E-state index contributed by atoms with van der Waals surface area (Å²) in [6.07, 6.45) is 0. The van der Waals surface area contributed by atoms with Gasteiger partial charge in [-0.25, -0.2) is 0 Å². The van der Waals surface area contributed by atoms with E-state index < -0.39 is 0 Å². The van der Waals surface area contributed by atoms with Crippen LogP contribution in [-0.4, -0.2) is 0 Å². The highest BCUT2D eigenvalue weighted by Crippen LogP contribution is 2.45. The second-order valence-corrected chi connectivity index (χ2v) is 14.5. The van der Waals surface area contributed by atoms with E-state index in [0.29, 0.717) is 0 Å². The Hall–Kier alpha value is -7.48. The molecule has 1 heteroatoms. The van der Waals surface area contributed by atoms with Crippen molar-refractivity contribution in [2.75, 3.05) is 4.90 Å². The minimum atomic E-state index is 1.12. The maximum atomic E-state index is 2.32. The van der Waals surface area contributed by atoms with Gasteiger partial charge in [0.05, 0.1) is 0 Å². The first kappa shape index (κ1) is 34.0. The fourth-order valence-electron chi connectivity index (χ4n) is 8.35. The van der Waals surface area contributed by atoms with Crippen molar-refractivity contribution in [3.63, 3.8) is 0 Å². The first-order valence-electron chi connectivity index (χ1n) is 19.6. The van der Waals surface area contributed by atoms with E-state index in [0.717, 1.165) is 17.1 Å². The Labute approximate surface area is 334 Å². The second-order valence-electron chi connectivity index (χ2n) is 14.5. The Morgan fingerprint density at radius 3 is 0.825 bits per heavy atom. The van der Waals surface area contributed by atoms with Crippen molar-refractivity contribution in [1.82, 2.24) is 0 Å². The van der Waals surface area contributed by atoms with E-state index in [4.69, 9.17) is 0 Å². The lowest BCUT2D eigenvalue weighted by atomic mass is 9.85. The van der Waals surface area contributed by atoms with E-state index >= 15 is 0 Å². The zero-order valence-corrected chi connectivity index (χ0v) is 31.5. The Kier molecular flexibility index (Phi) is 8.95. The van der Waals surface area contributed by atoms with Gasteiger partial charge in [-0.15, -0.1) is 0 Å². The van der Waals surface area contributed by atoms with Crippen LogP contribution < -0.4 is 4.90 Å². The molecule has 0 heterocycles. The van der Waals surface area contributed by atoms with E-state index in [1.807, 2.05) is 0 Å². The van der Waals surface area contributed by atoms with Crippen molar-refractivity contribution in [1.29, 1.82) is 0 Å². The maximum absolute atomic E-state index is 2.32. The molecule has 10 aromatic rings. The predicted molar refractivity (Wildman–Crippen MR) is 243 cm³/mol. The van der Waals surface area contributed by atoms with Crippen LogP contribution in [0.5, 0.6) is 0 Å². The Balaban J connectivity index is 1.07. The number of nitrogens with zero attached hydrogens (tertiary/aromatic N) is 1. The lowest BCUT2D eigenvalue weighted by Gasteiger charge is -2.25. The van der Waals surface area contributed by atoms with Crippen LogP contribution >= 0.6 is 0 Å². The largest absolute Gasteiger partial charge is 0.311 e. The van der Waals surface area contributed by atoms with Gasteiger partial charge in [-0.2, -0.15) is 0 Å². The molecule has 0 N–H and O–H groups in total. The molecule has 0 fully saturated rings. The number of anilines is 3. The molecule has 0 bridgehead atoms. The molecule has 0 radical (unpaired) electrons. The van der Waals surface area contributed by atoms with Crippen molar-refractivity contribution in [2.45, 2.75) is 0 Å². The topological polar surface area (TPSA) is 3.24 Å².